The molecule has 2 aromatic rings. The zero-order valence-corrected chi connectivity index (χ0v) is 16.3. The van der Waals surface area contributed by atoms with Crippen molar-refractivity contribution in [1.29, 1.82) is 0 Å². The second kappa shape index (κ2) is 7.27. The molecule has 0 bridgehead atoms. The average molecular weight is 407 g/mol. The van der Waals surface area contributed by atoms with E-state index in [9.17, 15) is 14.7 Å². The Morgan fingerprint density at radius 3 is 2.12 bits per heavy atom. The fourth-order valence-corrected chi connectivity index (χ4v) is 3.20. The van der Waals surface area contributed by atoms with E-state index in [0.29, 0.717) is 11.1 Å². The molecule has 0 aliphatic carbocycles. The van der Waals surface area contributed by atoms with E-state index < -0.39 is 11.9 Å². The number of carbonyl (C=O) groups excluding carboxylic acids is 2. The van der Waals surface area contributed by atoms with Crippen molar-refractivity contribution in [3.63, 3.8) is 0 Å². The molecule has 0 spiro atoms. The maximum Gasteiger partial charge on any atom is 0.339 e. The van der Waals surface area contributed by atoms with Gasteiger partial charge in [-0.1, -0.05) is 22.0 Å². The molecule has 132 valence electrons. The highest BCUT2D eigenvalue weighted by Gasteiger charge is 2.27. The van der Waals surface area contributed by atoms with Crippen LogP contribution in [-0.2, 0) is 9.47 Å². The Kier molecular flexibility index (Phi) is 5.52. The van der Waals surface area contributed by atoms with Gasteiger partial charge >= 0.3 is 11.9 Å². The van der Waals surface area contributed by atoms with Gasteiger partial charge in [-0.05, 0) is 55.2 Å². The van der Waals surface area contributed by atoms with Crippen LogP contribution in [0, 0.1) is 20.8 Å². The number of esters is 2. The number of methoxy groups -OCH3 is 2. The van der Waals surface area contributed by atoms with Crippen molar-refractivity contribution < 1.29 is 24.2 Å². The largest absolute Gasteiger partial charge is 0.508 e. The number of rotatable bonds is 3. The van der Waals surface area contributed by atoms with Gasteiger partial charge in [-0.15, -0.1) is 0 Å². The third-order valence-corrected chi connectivity index (χ3v) is 4.98. The summed E-state index contributed by atoms with van der Waals surface area (Å²) in [5, 5.41) is 10.3. The van der Waals surface area contributed by atoms with Gasteiger partial charge in [0.25, 0.3) is 0 Å². The second-order valence-electron chi connectivity index (χ2n) is 5.72. The number of hydrogen-bond acceptors (Lipinski definition) is 5. The van der Waals surface area contributed by atoms with Gasteiger partial charge in [0.15, 0.2) is 0 Å². The van der Waals surface area contributed by atoms with Crippen LogP contribution in [0.3, 0.4) is 0 Å². The minimum atomic E-state index is -0.719. The molecular formula is C19H19BrO5. The van der Waals surface area contributed by atoms with Crippen LogP contribution in [-0.4, -0.2) is 31.3 Å². The predicted octanol–water partition coefficient (Wildman–Crippen LogP) is 4.32. The summed E-state index contributed by atoms with van der Waals surface area (Å²) in [6.45, 7) is 5.50. The Morgan fingerprint density at radius 2 is 1.56 bits per heavy atom. The fourth-order valence-electron chi connectivity index (χ4n) is 2.74. The lowest BCUT2D eigenvalue weighted by atomic mass is 9.87. The predicted molar refractivity (Wildman–Crippen MR) is 98.1 cm³/mol. The summed E-state index contributed by atoms with van der Waals surface area (Å²) in [6, 6.07) is 5.06. The van der Waals surface area contributed by atoms with Crippen LogP contribution >= 0.6 is 15.9 Å². The Balaban J connectivity index is 2.98. The van der Waals surface area contributed by atoms with Gasteiger partial charge in [-0.2, -0.15) is 0 Å². The topological polar surface area (TPSA) is 72.8 Å². The average Bonchev–Trinajstić information content (AvgIpc) is 2.58. The van der Waals surface area contributed by atoms with Crippen LogP contribution in [0.5, 0.6) is 5.75 Å². The molecule has 0 radical (unpaired) electrons. The number of aromatic hydroxyl groups is 1. The molecule has 0 saturated carbocycles. The summed E-state index contributed by atoms with van der Waals surface area (Å²) in [5.41, 5.74) is 3.56. The number of ether oxygens (including phenoxy) is 2. The van der Waals surface area contributed by atoms with E-state index in [0.717, 1.165) is 21.2 Å². The molecule has 0 saturated heterocycles. The van der Waals surface area contributed by atoms with Crippen molar-refractivity contribution >= 4 is 27.9 Å². The molecule has 0 atom stereocenters. The number of halogens is 1. The van der Waals surface area contributed by atoms with Crippen LogP contribution < -0.4 is 0 Å². The molecule has 0 aromatic heterocycles. The zero-order chi connectivity index (χ0) is 18.9. The maximum atomic E-state index is 12.5. The van der Waals surface area contributed by atoms with Gasteiger partial charge in [-0.3, -0.25) is 0 Å². The maximum absolute atomic E-state index is 12.5. The quantitative estimate of drug-likeness (QED) is 0.768. The standard InChI is InChI=1S/C19H19BrO5/c1-9-7-14(20)10(2)6-12(9)16-11(3)15(21)8-13(18(22)24-4)17(16)19(23)25-5/h6-8,21H,1-5H3. The molecular weight excluding hydrogens is 388 g/mol. The third-order valence-electron chi connectivity index (χ3n) is 4.13. The van der Waals surface area contributed by atoms with Crippen LogP contribution in [0.1, 0.15) is 37.4 Å². The molecule has 0 unspecified atom stereocenters. The Hall–Kier alpha value is -2.34. The number of phenolic OH excluding ortho intramolecular Hbond substituents is 1. The highest BCUT2D eigenvalue weighted by Crippen LogP contribution is 2.39. The van der Waals surface area contributed by atoms with Gasteiger partial charge in [0.2, 0.25) is 0 Å². The van der Waals surface area contributed by atoms with Crippen molar-refractivity contribution in [2.75, 3.05) is 14.2 Å². The van der Waals surface area contributed by atoms with E-state index >= 15 is 0 Å². The summed E-state index contributed by atoms with van der Waals surface area (Å²) in [5.74, 6) is -1.48. The van der Waals surface area contributed by atoms with Crippen LogP contribution in [0.25, 0.3) is 11.1 Å². The summed E-state index contributed by atoms with van der Waals surface area (Å²) in [4.78, 5) is 24.6. The van der Waals surface area contributed by atoms with Gasteiger partial charge < -0.3 is 14.6 Å². The van der Waals surface area contributed by atoms with Crippen LogP contribution in [0.2, 0.25) is 0 Å². The molecule has 5 nitrogen and oxygen atoms in total. The molecule has 0 heterocycles. The molecule has 1 N–H and O–H groups in total. The van der Waals surface area contributed by atoms with E-state index in [1.807, 2.05) is 26.0 Å². The zero-order valence-electron chi connectivity index (χ0n) is 14.7. The van der Waals surface area contributed by atoms with Gasteiger partial charge in [0.1, 0.15) is 5.75 Å². The summed E-state index contributed by atoms with van der Waals surface area (Å²) in [7, 11) is 2.46. The van der Waals surface area contributed by atoms with Crippen molar-refractivity contribution in [2.45, 2.75) is 20.8 Å². The number of benzene rings is 2. The van der Waals surface area contributed by atoms with E-state index in [2.05, 4.69) is 15.9 Å². The number of hydrogen-bond donors (Lipinski definition) is 1. The molecule has 0 amide bonds. The highest BCUT2D eigenvalue weighted by molar-refractivity contribution is 9.10. The van der Waals surface area contributed by atoms with Crippen molar-refractivity contribution in [2.24, 2.45) is 0 Å². The lowest BCUT2D eigenvalue weighted by Crippen LogP contribution is -2.14. The molecule has 2 aromatic carbocycles. The lowest BCUT2D eigenvalue weighted by molar-refractivity contribution is 0.0555. The molecule has 0 aliphatic heterocycles. The summed E-state index contributed by atoms with van der Waals surface area (Å²) < 4.78 is 10.6. The molecule has 0 fully saturated rings. The van der Waals surface area contributed by atoms with Gasteiger partial charge in [-0.25, -0.2) is 9.59 Å². The smallest absolute Gasteiger partial charge is 0.339 e. The first kappa shape index (κ1) is 19.0. The number of aryl methyl sites for hydroxylation is 2. The van der Waals surface area contributed by atoms with Crippen LogP contribution in [0.15, 0.2) is 22.7 Å². The normalized spacial score (nSPS) is 10.5. The van der Waals surface area contributed by atoms with E-state index in [-0.39, 0.29) is 16.9 Å². The van der Waals surface area contributed by atoms with Crippen molar-refractivity contribution in [3.05, 3.63) is 50.5 Å². The minimum absolute atomic E-state index is 0.0348. The number of phenols is 1. The minimum Gasteiger partial charge on any atom is -0.508 e. The first-order valence-corrected chi connectivity index (χ1v) is 8.32. The van der Waals surface area contributed by atoms with Gasteiger partial charge in [0.05, 0.1) is 25.3 Å². The van der Waals surface area contributed by atoms with E-state index in [1.165, 1.54) is 20.3 Å². The van der Waals surface area contributed by atoms with Crippen molar-refractivity contribution in [1.82, 2.24) is 0 Å². The SMILES string of the molecule is COC(=O)c1cc(O)c(C)c(-c2cc(C)c(Br)cc2C)c1C(=O)OC. The Labute approximate surface area is 154 Å². The first-order valence-electron chi connectivity index (χ1n) is 7.53. The molecule has 6 heteroatoms. The van der Waals surface area contributed by atoms with E-state index in [4.69, 9.17) is 9.47 Å². The lowest BCUT2D eigenvalue weighted by Gasteiger charge is -2.19. The monoisotopic (exact) mass is 406 g/mol. The fraction of sp³-hybridized carbons (Fsp3) is 0.263. The molecule has 25 heavy (non-hydrogen) atoms. The third kappa shape index (κ3) is 3.39. The molecule has 2 rings (SSSR count). The summed E-state index contributed by atoms with van der Waals surface area (Å²) in [6.07, 6.45) is 0. The number of carbonyl (C=O) groups is 2. The molecule has 0 aliphatic rings. The Bertz CT molecular complexity index is 871. The highest BCUT2D eigenvalue weighted by atomic mass is 79.9. The summed E-state index contributed by atoms with van der Waals surface area (Å²) >= 11 is 3.48. The first-order chi connectivity index (χ1) is 11.7. The van der Waals surface area contributed by atoms with Gasteiger partial charge in [0, 0.05) is 10.0 Å². The van der Waals surface area contributed by atoms with Crippen molar-refractivity contribution in [3.8, 4) is 16.9 Å². The van der Waals surface area contributed by atoms with Crippen LogP contribution in [0.4, 0.5) is 0 Å². The Morgan fingerprint density at radius 1 is 0.960 bits per heavy atom. The van der Waals surface area contributed by atoms with E-state index in [1.54, 1.807) is 6.92 Å². The second-order valence-corrected chi connectivity index (χ2v) is 6.57.